The van der Waals surface area contributed by atoms with E-state index in [9.17, 15) is 9.59 Å². The first-order valence-electron chi connectivity index (χ1n) is 12.3. The third kappa shape index (κ3) is 9.68. The van der Waals surface area contributed by atoms with Crippen LogP contribution in [0.3, 0.4) is 0 Å². The number of aliphatic imine (C=N–C) groups is 1. The Kier molecular flexibility index (Phi) is 12.4. The van der Waals surface area contributed by atoms with Gasteiger partial charge in [-0.1, -0.05) is 36.4 Å². The molecule has 37 heavy (non-hydrogen) atoms. The van der Waals surface area contributed by atoms with E-state index < -0.39 is 0 Å². The highest BCUT2D eigenvalue weighted by Gasteiger charge is 2.18. The van der Waals surface area contributed by atoms with Crippen LogP contribution in [-0.4, -0.2) is 74.1 Å². The van der Waals surface area contributed by atoms with E-state index in [-0.39, 0.29) is 36.6 Å². The molecule has 0 saturated carbocycles. The van der Waals surface area contributed by atoms with E-state index in [1.807, 2.05) is 23.1 Å². The molecule has 0 unspecified atom stereocenters. The fraction of sp³-hybridized carbons (Fsp3) is 0.444. The molecule has 10 heteroatoms. The van der Waals surface area contributed by atoms with E-state index in [1.54, 1.807) is 14.0 Å². The van der Waals surface area contributed by atoms with Crippen molar-refractivity contribution >= 4 is 30.2 Å². The molecule has 1 fully saturated rings. The van der Waals surface area contributed by atoms with Crippen LogP contribution in [0.25, 0.3) is 11.1 Å². The number of hydrogen-bond donors (Lipinski definition) is 2. The molecule has 0 atom stereocenters. The molecule has 0 aromatic heterocycles. The van der Waals surface area contributed by atoms with Crippen LogP contribution < -0.4 is 16.2 Å². The lowest BCUT2D eigenvalue weighted by atomic mass is 9.99. The number of nitrogens with zero attached hydrogens (tertiary/aromatic N) is 3. The van der Waals surface area contributed by atoms with Gasteiger partial charge < -0.3 is 25.8 Å². The van der Waals surface area contributed by atoms with Crippen molar-refractivity contribution in [2.24, 2.45) is 16.5 Å². The highest BCUT2D eigenvalue weighted by molar-refractivity contribution is 5.91. The summed E-state index contributed by atoms with van der Waals surface area (Å²) < 4.78 is 11.2. The molecule has 4 N–H and O–H groups in total. The van der Waals surface area contributed by atoms with Crippen LogP contribution in [0.15, 0.2) is 47.5 Å². The number of halogens is 1. The van der Waals surface area contributed by atoms with E-state index >= 15 is 0 Å². The monoisotopic (exact) mass is 531 g/mol. The van der Waals surface area contributed by atoms with Crippen molar-refractivity contribution in [3.8, 4) is 16.9 Å². The molecule has 0 aliphatic carbocycles. The van der Waals surface area contributed by atoms with Gasteiger partial charge in [0.25, 0.3) is 0 Å². The Labute approximate surface area is 225 Å². The normalized spacial score (nSPS) is 13.5. The summed E-state index contributed by atoms with van der Waals surface area (Å²) in [7, 11) is 1.67. The van der Waals surface area contributed by atoms with E-state index in [0.717, 1.165) is 61.6 Å². The summed E-state index contributed by atoms with van der Waals surface area (Å²) in [5.41, 5.74) is 14.8. The van der Waals surface area contributed by atoms with Crippen LogP contribution in [0.5, 0.6) is 5.75 Å². The predicted molar refractivity (Wildman–Crippen MR) is 148 cm³/mol. The maximum Gasteiger partial charge on any atom is 0.249 e. The maximum atomic E-state index is 11.9. The zero-order chi connectivity index (χ0) is 25.9. The molecule has 1 heterocycles. The molecule has 1 aliphatic rings. The van der Waals surface area contributed by atoms with Gasteiger partial charge in [0.05, 0.1) is 6.61 Å². The first-order chi connectivity index (χ1) is 17.4. The van der Waals surface area contributed by atoms with Gasteiger partial charge in [0.2, 0.25) is 11.8 Å². The largest absolute Gasteiger partial charge is 0.493 e. The lowest BCUT2D eigenvalue weighted by Crippen LogP contribution is -2.47. The SMILES string of the molecule is COCCCOc1cc(CCC(=O)N=C(N)N)ccc1-c1ccc(CN2CCN(C(C)=O)CC2)cc1.Cl. The number of aryl methyl sites for hydroxylation is 1. The molecule has 1 aliphatic heterocycles. The Morgan fingerprint density at radius 1 is 0.973 bits per heavy atom. The topological polar surface area (TPSA) is 123 Å². The predicted octanol–water partition coefficient (Wildman–Crippen LogP) is 2.59. The van der Waals surface area contributed by atoms with Crippen molar-refractivity contribution in [1.29, 1.82) is 0 Å². The molecular formula is C27H38ClN5O4. The second kappa shape index (κ2) is 15.2. The Bertz CT molecular complexity index is 1050. The molecular weight excluding hydrogens is 494 g/mol. The van der Waals surface area contributed by atoms with Gasteiger partial charge in [-0.3, -0.25) is 14.5 Å². The average molecular weight is 532 g/mol. The summed E-state index contributed by atoms with van der Waals surface area (Å²) in [5, 5.41) is 0. The number of ether oxygens (including phenoxy) is 2. The summed E-state index contributed by atoms with van der Waals surface area (Å²) in [6.07, 6.45) is 1.51. The summed E-state index contributed by atoms with van der Waals surface area (Å²) in [4.78, 5) is 31.2. The first-order valence-corrected chi connectivity index (χ1v) is 12.3. The summed E-state index contributed by atoms with van der Waals surface area (Å²) in [6, 6.07) is 14.5. The number of guanidine groups is 1. The number of methoxy groups -OCH3 is 1. The van der Waals surface area contributed by atoms with Gasteiger partial charge in [-0.05, 0) is 29.2 Å². The Morgan fingerprint density at radius 3 is 2.27 bits per heavy atom. The fourth-order valence-electron chi connectivity index (χ4n) is 4.19. The lowest BCUT2D eigenvalue weighted by molar-refractivity contribution is -0.130. The number of carbonyl (C=O) groups is 2. The second-order valence-electron chi connectivity index (χ2n) is 8.93. The summed E-state index contributed by atoms with van der Waals surface area (Å²) >= 11 is 0. The highest BCUT2D eigenvalue weighted by atomic mass is 35.5. The van der Waals surface area contributed by atoms with Crippen LogP contribution in [-0.2, 0) is 27.3 Å². The van der Waals surface area contributed by atoms with Crippen LogP contribution in [0.4, 0.5) is 0 Å². The van der Waals surface area contributed by atoms with Crippen molar-refractivity contribution in [1.82, 2.24) is 9.80 Å². The fourth-order valence-corrected chi connectivity index (χ4v) is 4.19. The number of carbonyl (C=O) groups excluding carboxylic acids is 2. The van der Waals surface area contributed by atoms with Gasteiger partial charge in [-0.15, -0.1) is 12.4 Å². The number of hydrogen-bond acceptors (Lipinski definition) is 5. The minimum atomic E-state index is -0.347. The summed E-state index contributed by atoms with van der Waals surface area (Å²) in [5.74, 6) is 0.343. The number of rotatable bonds is 11. The zero-order valence-corrected chi connectivity index (χ0v) is 22.5. The molecule has 2 aromatic carbocycles. The Morgan fingerprint density at radius 2 is 1.65 bits per heavy atom. The molecule has 2 aromatic rings. The molecule has 9 nitrogen and oxygen atoms in total. The van der Waals surface area contributed by atoms with Crippen LogP contribution in [0.2, 0.25) is 0 Å². The molecule has 3 rings (SSSR count). The van der Waals surface area contributed by atoms with Crippen molar-refractivity contribution in [2.45, 2.75) is 32.7 Å². The van der Waals surface area contributed by atoms with E-state index in [1.165, 1.54) is 5.56 Å². The van der Waals surface area contributed by atoms with Crippen molar-refractivity contribution in [3.05, 3.63) is 53.6 Å². The van der Waals surface area contributed by atoms with E-state index in [4.69, 9.17) is 20.9 Å². The molecule has 0 radical (unpaired) electrons. The Hall–Kier alpha value is -3.14. The van der Waals surface area contributed by atoms with Gasteiger partial charge in [-0.25, -0.2) is 0 Å². The number of benzene rings is 2. The quantitative estimate of drug-likeness (QED) is 0.259. The second-order valence-corrected chi connectivity index (χ2v) is 8.93. The number of nitrogens with two attached hydrogens (primary N) is 2. The van der Waals surface area contributed by atoms with Crippen molar-refractivity contribution in [3.63, 3.8) is 0 Å². The first kappa shape index (κ1) is 30.1. The Balaban J connectivity index is 0.00000481. The standard InChI is InChI=1S/C27H37N5O4.ClH/c1-20(33)32-14-12-31(13-15-32)19-22-4-8-23(9-5-22)24-10-6-21(7-11-26(34)30-27(28)29)18-25(24)36-17-3-16-35-2;/h4-6,8-10,18H,3,7,11-17,19H2,1-2H3,(H4,28,29,30,34);1H. The molecule has 2 amide bonds. The van der Waals surface area contributed by atoms with E-state index in [2.05, 4.69) is 34.2 Å². The molecule has 0 spiro atoms. The lowest BCUT2D eigenvalue weighted by Gasteiger charge is -2.34. The van der Waals surface area contributed by atoms with Crippen LogP contribution >= 0.6 is 12.4 Å². The zero-order valence-electron chi connectivity index (χ0n) is 21.7. The number of piperazine rings is 1. The van der Waals surface area contributed by atoms with Gasteiger partial charge in [0.1, 0.15) is 5.75 Å². The van der Waals surface area contributed by atoms with Crippen molar-refractivity contribution in [2.75, 3.05) is 46.5 Å². The summed E-state index contributed by atoms with van der Waals surface area (Å²) in [6.45, 7) is 6.96. The molecule has 0 bridgehead atoms. The van der Waals surface area contributed by atoms with Gasteiger partial charge in [-0.2, -0.15) is 4.99 Å². The average Bonchev–Trinajstić information content (AvgIpc) is 2.86. The van der Waals surface area contributed by atoms with Crippen LogP contribution in [0, 0.1) is 0 Å². The van der Waals surface area contributed by atoms with E-state index in [0.29, 0.717) is 19.6 Å². The highest BCUT2D eigenvalue weighted by Crippen LogP contribution is 2.32. The van der Waals surface area contributed by atoms with Crippen LogP contribution in [0.1, 0.15) is 30.9 Å². The molecule has 202 valence electrons. The smallest absolute Gasteiger partial charge is 0.249 e. The van der Waals surface area contributed by atoms with Gasteiger partial charge in [0.15, 0.2) is 5.96 Å². The van der Waals surface area contributed by atoms with Crippen molar-refractivity contribution < 1.29 is 19.1 Å². The minimum absolute atomic E-state index is 0. The van der Waals surface area contributed by atoms with Gasteiger partial charge in [0, 0.05) is 71.8 Å². The third-order valence-corrected chi connectivity index (χ3v) is 6.17. The molecule has 1 saturated heterocycles. The van der Waals surface area contributed by atoms with Gasteiger partial charge >= 0.3 is 0 Å². The third-order valence-electron chi connectivity index (χ3n) is 6.17. The number of amides is 2. The maximum absolute atomic E-state index is 11.9. The minimum Gasteiger partial charge on any atom is -0.493 e.